The topological polar surface area (TPSA) is 0 Å². The van der Waals surface area contributed by atoms with Crippen molar-refractivity contribution in [2.24, 2.45) is 0 Å². The molecule has 0 amide bonds. The van der Waals surface area contributed by atoms with Gasteiger partial charge < -0.3 is 0 Å². The minimum absolute atomic E-state index is 1.04. The summed E-state index contributed by atoms with van der Waals surface area (Å²) in [5, 5.41) is 1.64. The van der Waals surface area contributed by atoms with Crippen LogP contribution in [-0.4, -0.2) is 8.07 Å². The van der Waals surface area contributed by atoms with Gasteiger partial charge in [-0.2, -0.15) is 0 Å². The summed E-state index contributed by atoms with van der Waals surface area (Å²) in [6, 6.07) is 0. The van der Waals surface area contributed by atoms with Crippen LogP contribution in [0.5, 0.6) is 0 Å². The number of rotatable bonds is 1. The molecule has 1 rings (SSSR count). The van der Waals surface area contributed by atoms with Crippen molar-refractivity contribution in [2.45, 2.75) is 45.3 Å². The molecule has 0 unspecified atom stereocenters. The molecule has 0 saturated heterocycles. The maximum Gasteiger partial charge on any atom is 0.0771 e. The molecule has 0 bridgehead atoms. The van der Waals surface area contributed by atoms with E-state index in [0.717, 1.165) is 0 Å². The van der Waals surface area contributed by atoms with Gasteiger partial charge in [0, 0.05) is 0 Å². The Morgan fingerprint density at radius 3 is 2.42 bits per heavy atom. The van der Waals surface area contributed by atoms with Crippen LogP contribution < -0.4 is 0 Å². The molecule has 0 aromatic carbocycles. The van der Waals surface area contributed by atoms with E-state index in [1.807, 2.05) is 0 Å². The van der Waals surface area contributed by atoms with Crippen molar-refractivity contribution in [1.82, 2.24) is 0 Å². The fraction of sp³-hybridized carbons (Fsp3) is 0.636. The molecule has 0 aromatic heterocycles. The highest BCUT2D eigenvalue weighted by molar-refractivity contribution is 6.83. The van der Waals surface area contributed by atoms with Crippen LogP contribution in [0.3, 0.4) is 0 Å². The summed E-state index contributed by atoms with van der Waals surface area (Å²) in [5.74, 6) is 0. The molecular formula is C11H20Si. The van der Waals surface area contributed by atoms with E-state index < -0.39 is 8.07 Å². The van der Waals surface area contributed by atoms with Gasteiger partial charge in [-0.3, -0.25) is 0 Å². The molecule has 0 fully saturated rings. The summed E-state index contributed by atoms with van der Waals surface area (Å²) >= 11 is 0. The van der Waals surface area contributed by atoms with Crippen LogP contribution >= 0.6 is 0 Å². The summed E-state index contributed by atoms with van der Waals surface area (Å²) in [4.78, 5) is 0. The van der Waals surface area contributed by atoms with E-state index in [0.29, 0.717) is 0 Å². The normalized spacial score (nSPS) is 19.8. The maximum atomic E-state index is 2.46. The first-order chi connectivity index (χ1) is 5.61. The van der Waals surface area contributed by atoms with Crippen molar-refractivity contribution in [3.8, 4) is 0 Å². The molecule has 0 aromatic rings. The lowest BCUT2D eigenvalue weighted by molar-refractivity contribution is 0.757. The molecule has 1 heteroatoms. The Morgan fingerprint density at radius 1 is 1.08 bits per heavy atom. The van der Waals surface area contributed by atoms with Crippen molar-refractivity contribution in [3.63, 3.8) is 0 Å². The molecule has 0 atom stereocenters. The Labute approximate surface area is 77.4 Å². The zero-order chi connectivity index (χ0) is 9.03. The molecule has 1 aliphatic rings. The Bertz CT molecular complexity index is 194. The highest BCUT2D eigenvalue weighted by Gasteiger charge is 2.16. The first-order valence-corrected chi connectivity index (χ1v) is 8.48. The van der Waals surface area contributed by atoms with E-state index in [1.54, 1.807) is 5.20 Å². The van der Waals surface area contributed by atoms with Gasteiger partial charge in [0.1, 0.15) is 0 Å². The van der Waals surface area contributed by atoms with Gasteiger partial charge in [0.2, 0.25) is 0 Å². The Morgan fingerprint density at radius 2 is 1.75 bits per heavy atom. The molecule has 0 heterocycles. The molecule has 68 valence electrons. The Balaban J connectivity index is 2.72. The zero-order valence-electron chi connectivity index (χ0n) is 8.56. The van der Waals surface area contributed by atoms with Gasteiger partial charge >= 0.3 is 0 Å². The lowest BCUT2D eigenvalue weighted by Gasteiger charge is -2.19. The zero-order valence-corrected chi connectivity index (χ0v) is 9.56. The summed E-state index contributed by atoms with van der Waals surface area (Å²) in [7, 11) is -1.04. The van der Waals surface area contributed by atoms with E-state index in [9.17, 15) is 0 Å². The fourth-order valence-electron chi connectivity index (χ4n) is 1.50. The second-order valence-corrected chi connectivity index (χ2v) is 9.67. The van der Waals surface area contributed by atoms with Crippen LogP contribution in [0.25, 0.3) is 0 Å². The van der Waals surface area contributed by atoms with E-state index in [1.165, 1.54) is 25.7 Å². The smallest absolute Gasteiger partial charge is 0.0771 e. The van der Waals surface area contributed by atoms with Crippen molar-refractivity contribution in [3.05, 3.63) is 23.4 Å². The van der Waals surface area contributed by atoms with Gasteiger partial charge in [-0.05, 0) is 25.7 Å². The Hall–Kier alpha value is -0.303. The maximum absolute atomic E-state index is 2.46. The largest absolute Gasteiger partial charge is 0.0853 e. The average Bonchev–Trinajstić information content (AvgIpc) is 1.81. The fourth-order valence-corrected chi connectivity index (χ4v) is 2.87. The lowest BCUT2D eigenvalue weighted by Crippen LogP contribution is -2.22. The predicted molar refractivity (Wildman–Crippen MR) is 59.0 cm³/mol. The average molecular weight is 180 g/mol. The molecule has 0 nitrogen and oxygen atoms in total. The van der Waals surface area contributed by atoms with Crippen molar-refractivity contribution in [1.29, 1.82) is 0 Å². The molecule has 0 N–H and O–H groups in total. The van der Waals surface area contributed by atoms with Crippen LogP contribution in [0.4, 0.5) is 0 Å². The summed E-state index contributed by atoms with van der Waals surface area (Å²) in [5.41, 5.74) is 0. The molecular weight excluding hydrogens is 160 g/mol. The molecule has 0 aliphatic heterocycles. The number of allylic oxidation sites excluding steroid dienone is 4. The third kappa shape index (κ3) is 2.98. The standard InChI is InChI=1S/C11H20Si/c1-12(2,3)11-9-7-5-4-6-8-10-11/h7,9-10H,4-6,8H2,1-3H3. The quantitative estimate of drug-likeness (QED) is 0.537. The second kappa shape index (κ2) is 4.08. The molecule has 0 radical (unpaired) electrons. The molecule has 1 aliphatic carbocycles. The van der Waals surface area contributed by atoms with Crippen molar-refractivity contribution < 1.29 is 0 Å². The highest BCUT2D eigenvalue weighted by Crippen LogP contribution is 2.19. The lowest BCUT2D eigenvalue weighted by atomic mass is 10.1. The summed E-state index contributed by atoms with van der Waals surface area (Å²) in [6.45, 7) is 7.26. The highest BCUT2D eigenvalue weighted by atomic mass is 28.3. The van der Waals surface area contributed by atoms with Crippen molar-refractivity contribution >= 4 is 8.07 Å². The van der Waals surface area contributed by atoms with Crippen LogP contribution in [0.1, 0.15) is 25.7 Å². The van der Waals surface area contributed by atoms with Gasteiger partial charge in [0.25, 0.3) is 0 Å². The Kier molecular flexibility index (Phi) is 3.33. The van der Waals surface area contributed by atoms with Crippen LogP contribution in [-0.2, 0) is 0 Å². The predicted octanol–water partition coefficient (Wildman–Crippen LogP) is 3.92. The van der Waals surface area contributed by atoms with Gasteiger partial charge in [-0.15, -0.1) is 0 Å². The number of hydrogen-bond donors (Lipinski definition) is 0. The monoisotopic (exact) mass is 180 g/mol. The molecule has 0 spiro atoms. The van der Waals surface area contributed by atoms with Gasteiger partial charge in [0.05, 0.1) is 8.07 Å². The SMILES string of the molecule is C[Si](C)(C)C1=CCCCCC=C1. The van der Waals surface area contributed by atoms with E-state index >= 15 is 0 Å². The van der Waals surface area contributed by atoms with Crippen LogP contribution in [0, 0.1) is 0 Å². The van der Waals surface area contributed by atoms with Crippen LogP contribution in [0.15, 0.2) is 23.4 Å². The van der Waals surface area contributed by atoms with E-state index in [-0.39, 0.29) is 0 Å². The first-order valence-electron chi connectivity index (χ1n) is 4.98. The van der Waals surface area contributed by atoms with Gasteiger partial charge in [0.15, 0.2) is 0 Å². The first kappa shape index (κ1) is 9.78. The summed E-state index contributed by atoms with van der Waals surface area (Å²) < 4.78 is 0. The van der Waals surface area contributed by atoms with Gasteiger partial charge in [-0.1, -0.05) is 43.1 Å². The minimum atomic E-state index is -1.04. The van der Waals surface area contributed by atoms with E-state index in [4.69, 9.17) is 0 Å². The third-order valence-electron chi connectivity index (χ3n) is 2.35. The van der Waals surface area contributed by atoms with Crippen molar-refractivity contribution in [2.75, 3.05) is 0 Å². The molecule has 0 saturated carbocycles. The third-order valence-corrected chi connectivity index (χ3v) is 4.46. The van der Waals surface area contributed by atoms with Crippen LogP contribution in [0.2, 0.25) is 19.6 Å². The number of hydrogen-bond acceptors (Lipinski definition) is 0. The van der Waals surface area contributed by atoms with Gasteiger partial charge in [-0.25, -0.2) is 0 Å². The minimum Gasteiger partial charge on any atom is -0.0853 e. The molecule has 12 heavy (non-hydrogen) atoms. The second-order valence-electron chi connectivity index (χ2n) is 4.60. The van der Waals surface area contributed by atoms with E-state index in [2.05, 4.69) is 37.9 Å². The summed E-state index contributed by atoms with van der Waals surface area (Å²) in [6.07, 6.45) is 12.5.